The van der Waals surface area contributed by atoms with Gasteiger partial charge in [-0.1, -0.05) is 13.0 Å². The highest BCUT2D eigenvalue weighted by atomic mass is 32.2. The van der Waals surface area contributed by atoms with Gasteiger partial charge in [-0.3, -0.25) is 4.98 Å². The normalized spacial score (nSPS) is 13.5. The molecule has 1 heterocycles. The summed E-state index contributed by atoms with van der Waals surface area (Å²) in [4.78, 5) is 4.42. The maximum Gasteiger partial charge on any atom is 0.241 e. The second-order valence-corrected chi connectivity index (χ2v) is 6.42. The van der Waals surface area contributed by atoms with Gasteiger partial charge in [-0.2, -0.15) is 0 Å². The van der Waals surface area contributed by atoms with E-state index in [1.807, 2.05) is 6.92 Å². The Morgan fingerprint density at radius 2 is 2.10 bits per heavy atom. The molecule has 1 aromatic heterocycles. The van der Waals surface area contributed by atoms with Crippen LogP contribution in [0.2, 0.25) is 0 Å². The molecule has 2 rings (SSSR count). The third-order valence-corrected chi connectivity index (χ3v) is 4.75. The highest BCUT2D eigenvalue weighted by Gasteiger charge is 2.17. The van der Waals surface area contributed by atoms with Crippen LogP contribution in [0, 0.1) is 0 Å². The van der Waals surface area contributed by atoms with E-state index < -0.39 is 10.0 Å². The molecule has 0 amide bonds. The van der Waals surface area contributed by atoms with E-state index in [-0.39, 0.29) is 10.9 Å². The monoisotopic (exact) mass is 293 g/mol. The van der Waals surface area contributed by atoms with Crippen molar-refractivity contribution < 1.29 is 8.42 Å². The summed E-state index contributed by atoms with van der Waals surface area (Å²) in [6, 6.07) is 8.59. The van der Waals surface area contributed by atoms with Crippen LogP contribution in [0.4, 0.5) is 0 Å². The molecule has 108 valence electrons. The summed E-state index contributed by atoms with van der Waals surface area (Å²) in [6.07, 6.45) is 3.10. The smallest absolute Gasteiger partial charge is 0.241 e. The minimum atomic E-state index is -3.54. The molecule has 1 atom stereocenters. The quantitative estimate of drug-likeness (QED) is 0.848. The number of rotatable bonds is 6. The van der Waals surface area contributed by atoms with E-state index in [9.17, 15) is 8.42 Å². The first-order chi connectivity index (χ1) is 9.54. The van der Waals surface area contributed by atoms with Crippen LogP contribution in [0.25, 0.3) is 10.9 Å². The molecular weight excluding hydrogens is 274 g/mol. The van der Waals surface area contributed by atoms with Crippen LogP contribution in [-0.4, -0.2) is 26.0 Å². The van der Waals surface area contributed by atoms with Gasteiger partial charge < -0.3 is 5.73 Å². The van der Waals surface area contributed by atoms with E-state index in [1.165, 1.54) is 0 Å². The fraction of sp³-hybridized carbons (Fsp3) is 0.357. The van der Waals surface area contributed by atoms with Gasteiger partial charge in [0, 0.05) is 24.2 Å². The fourth-order valence-corrected chi connectivity index (χ4v) is 3.23. The van der Waals surface area contributed by atoms with E-state index in [4.69, 9.17) is 5.73 Å². The van der Waals surface area contributed by atoms with Crippen LogP contribution in [-0.2, 0) is 10.0 Å². The maximum absolute atomic E-state index is 12.3. The molecule has 0 fully saturated rings. The summed E-state index contributed by atoms with van der Waals surface area (Å²) in [6.45, 7) is 2.32. The Balaban J connectivity index is 2.24. The van der Waals surface area contributed by atoms with Gasteiger partial charge in [-0.25, -0.2) is 13.1 Å². The van der Waals surface area contributed by atoms with Gasteiger partial charge in [0.05, 0.1) is 10.4 Å². The number of benzene rings is 1. The Bertz CT molecular complexity index is 680. The molecule has 20 heavy (non-hydrogen) atoms. The topological polar surface area (TPSA) is 85.1 Å². The second kappa shape index (κ2) is 6.30. The number of hydrogen-bond acceptors (Lipinski definition) is 4. The molecule has 2 aromatic rings. The molecule has 6 heteroatoms. The fourth-order valence-electron chi connectivity index (χ4n) is 1.97. The first kappa shape index (κ1) is 14.9. The number of fused-ring (bicyclic) bond motifs is 1. The highest BCUT2D eigenvalue weighted by molar-refractivity contribution is 7.89. The first-order valence-electron chi connectivity index (χ1n) is 6.63. The van der Waals surface area contributed by atoms with Crippen molar-refractivity contribution in [2.24, 2.45) is 5.73 Å². The number of nitrogens with two attached hydrogens (primary N) is 1. The van der Waals surface area contributed by atoms with E-state index in [2.05, 4.69) is 9.71 Å². The lowest BCUT2D eigenvalue weighted by molar-refractivity contribution is 0.558. The molecule has 0 radical (unpaired) electrons. The summed E-state index contributed by atoms with van der Waals surface area (Å²) in [5, 5.41) is 0.627. The molecule has 0 aliphatic heterocycles. The van der Waals surface area contributed by atoms with Crippen molar-refractivity contribution in [2.45, 2.75) is 30.7 Å². The molecule has 0 saturated heterocycles. The minimum Gasteiger partial charge on any atom is -0.328 e. The van der Waals surface area contributed by atoms with Crippen molar-refractivity contribution in [3.05, 3.63) is 36.5 Å². The zero-order valence-electron chi connectivity index (χ0n) is 11.4. The lowest BCUT2D eigenvalue weighted by Gasteiger charge is -2.11. The summed E-state index contributed by atoms with van der Waals surface area (Å²) in [5.41, 5.74) is 6.45. The van der Waals surface area contributed by atoms with Crippen LogP contribution in [0.5, 0.6) is 0 Å². The zero-order valence-corrected chi connectivity index (χ0v) is 12.2. The number of nitrogens with zero attached hydrogens (tertiary/aromatic N) is 1. The average molecular weight is 293 g/mol. The van der Waals surface area contributed by atoms with Crippen molar-refractivity contribution in [3.8, 4) is 0 Å². The Labute approximate surface area is 119 Å². The van der Waals surface area contributed by atoms with E-state index in [1.54, 1.807) is 36.5 Å². The average Bonchev–Trinajstić information content (AvgIpc) is 2.46. The Kier molecular flexibility index (Phi) is 4.69. The largest absolute Gasteiger partial charge is 0.328 e. The number of nitrogens with one attached hydrogen (secondary N) is 1. The Hall–Kier alpha value is -1.50. The lowest BCUT2D eigenvalue weighted by Crippen LogP contribution is -2.30. The number of aromatic nitrogens is 1. The minimum absolute atomic E-state index is 0.0203. The van der Waals surface area contributed by atoms with E-state index >= 15 is 0 Å². The molecule has 0 saturated carbocycles. The molecule has 0 spiro atoms. The Morgan fingerprint density at radius 3 is 2.85 bits per heavy atom. The molecule has 0 bridgehead atoms. The zero-order chi connectivity index (χ0) is 14.6. The Morgan fingerprint density at radius 1 is 1.30 bits per heavy atom. The van der Waals surface area contributed by atoms with Gasteiger partial charge in [0.2, 0.25) is 10.0 Å². The summed E-state index contributed by atoms with van der Waals surface area (Å²) in [7, 11) is -3.54. The molecule has 5 nitrogen and oxygen atoms in total. The van der Waals surface area contributed by atoms with Crippen LogP contribution in [0.15, 0.2) is 41.4 Å². The van der Waals surface area contributed by atoms with Crippen molar-refractivity contribution in [3.63, 3.8) is 0 Å². The van der Waals surface area contributed by atoms with Crippen molar-refractivity contribution in [1.82, 2.24) is 9.71 Å². The number of pyridine rings is 1. The summed E-state index contributed by atoms with van der Waals surface area (Å²) in [5.74, 6) is 0. The van der Waals surface area contributed by atoms with Crippen LogP contribution in [0.1, 0.15) is 19.8 Å². The van der Waals surface area contributed by atoms with Gasteiger partial charge in [0.25, 0.3) is 0 Å². The van der Waals surface area contributed by atoms with Crippen molar-refractivity contribution >= 4 is 20.9 Å². The predicted molar refractivity (Wildman–Crippen MR) is 79.8 cm³/mol. The first-order valence-corrected chi connectivity index (χ1v) is 8.12. The molecular formula is C14H19N3O2S. The van der Waals surface area contributed by atoms with Crippen LogP contribution >= 0.6 is 0 Å². The lowest BCUT2D eigenvalue weighted by atomic mass is 10.2. The van der Waals surface area contributed by atoms with Gasteiger partial charge in [-0.15, -0.1) is 0 Å². The van der Waals surface area contributed by atoms with Crippen LogP contribution in [0.3, 0.4) is 0 Å². The second-order valence-electron chi connectivity index (χ2n) is 4.68. The summed E-state index contributed by atoms with van der Waals surface area (Å²) < 4.78 is 27.3. The van der Waals surface area contributed by atoms with Gasteiger partial charge in [0.15, 0.2) is 0 Å². The van der Waals surface area contributed by atoms with Gasteiger partial charge in [0.1, 0.15) is 0 Å². The highest BCUT2D eigenvalue weighted by Crippen LogP contribution is 2.20. The summed E-state index contributed by atoms with van der Waals surface area (Å²) >= 11 is 0. The third-order valence-electron chi connectivity index (χ3n) is 3.23. The van der Waals surface area contributed by atoms with E-state index in [0.29, 0.717) is 23.9 Å². The predicted octanol–water partition coefficient (Wildman–Crippen LogP) is 1.64. The molecule has 0 aliphatic rings. The van der Waals surface area contributed by atoms with Gasteiger partial charge >= 0.3 is 0 Å². The van der Waals surface area contributed by atoms with Gasteiger partial charge in [-0.05, 0) is 37.1 Å². The number of sulfonamides is 1. The third kappa shape index (κ3) is 3.33. The maximum atomic E-state index is 12.3. The van der Waals surface area contributed by atoms with Crippen LogP contribution < -0.4 is 10.5 Å². The van der Waals surface area contributed by atoms with Crippen molar-refractivity contribution in [2.75, 3.05) is 6.54 Å². The van der Waals surface area contributed by atoms with Crippen molar-refractivity contribution in [1.29, 1.82) is 0 Å². The standard InChI is InChI=1S/C14H19N3O2S/c1-2-11(15)8-10-17-20(18,19)14-7-3-6-13-12(14)5-4-9-16-13/h3-7,9,11,17H,2,8,10,15H2,1H3. The molecule has 3 N–H and O–H groups in total. The molecule has 0 aliphatic carbocycles. The number of hydrogen-bond donors (Lipinski definition) is 2. The SMILES string of the molecule is CCC(N)CCNS(=O)(=O)c1cccc2ncccc12. The molecule has 1 unspecified atom stereocenters. The van der Waals surface area contributed by atoms with E-state index in [0.717, 1.165) is 6.42 Å². The molecule has 1 aromatic carbocycles.